The summed E-state index contributed by atoms with van der Waals surface area (Å²) in [5, 5.41) is 21.4. The first kappa shape index (κ1) is 15.5. The van der Waals surface area contributed by atoms with E-state index in [0.29, 0.717) is 5.75 Å². The molecule has 0 bridgehead atoms. The molecule has 0 aliphatic rings. The van der Waals surface area contributed by atoms with Gasteiger partial charge in [0.2, 0.25) is 5.91 Å². The van der Waals surface area contributed by atoms with Crippen LogP contribution in [0.1, 0.15) is 11.3 Å². The van der Waals surface area contributed by atoms with Crippen LogP contribution in [0.5, 0.6) is 0 Å². The maximum atomic E-state index is 11.5. The zero-order valence-corrected chi connectivity index (χ0v) is 11.5. The first-order valence-corrected chi connectivity index (χ1v) is 7.36. The number of hydrogen-bond donors (Lipinski definition) is 3. The van der Waals surface area contributed by atoms with Gasteiger partial charge >= 0.3 is 11.9 Å². The number of rotatable bonds is 8. The molecule has 1 heterocycles. The Kier molecular flexibility index (Phi) is 6.37. The summed E-state index contributed by atoms with van der Waals surface area (Å²) in [5.74, 6) is -2.32. The van der Waals surface area contributed by atoms with E-state index >= 15 is 0 Å². The highest BCUT2D eigenvalue weighted by molar-refractivity contribution is 7.99. The number of nitrogens with one attached hydrogen (secondary N) is 1. The molecule has 0 saturated carbocycles. The van der Waals surface area contributed by atoms with Gasteiger partial charge in [0.25, 0.3) is 0 Å². The van der Waals surface area contributed by atoms with Gasteiger partial charge in [-0.2, -0.15) is 0 Å². The fourth-order valence-electron chi connectivity index (χ4n) is 1.25. The van der Waals surface area contributed by atoms with Gasteiger partial charge in [0.05, 0.1) is 12.2 Å². The van der Waals surface area contributed by atoms with Crippen LogP contribution < -0.4 is 5.32 Å². The minimum Gasteiger partial charge on any atom is -0.481 e. The van der Waals surface area contributed by atoms with Gasteiger partial charge in [-0.15, -0.1) is 23.1 Å². The molecule has 0 fully saturated rings. The molecule has 6 nitrogen and oxygen atoms in total. The average Bonchev–Trinajstić information content (AvgIpc) is 2.80. The van der Waals surface area contributed by atoms with Crippen molar-refractivity contribution in [1.82, 2.24) is 5.32 Å². The Morgan fingerprint density at radius 3 is 2.63 bits per heavy atom. The Bertz CT molecular complexity index is 446. The van der Waals surface area contributed by atoms with Crippen molar-refractivity contribution in [2.75, 3.05) is 5.75 Å². The summed E-state index contributed by atoms with van der Waals surface area (Å²) < 4.78 is 0. The van der Waals surface area contributed by atoms with E-state index in [1.54, 1.807) is 11.3 Å². The number of carboxylic acid groups (broad SMARTS) is 2. The molecule has 0 aliphatic heterocycles. The Balaban J connectivity index is 2.32. The van der Waals surface area contributed by atoms with E-state index in [-0.39, 0.29) is 5.75 Å². The van der Waals surface area contributed by atoms with Crippen molar-refractivity contribution >= 4 is 40.9 Å². The number of carbonyl (C=O) groups is 3. The van der Waals surface area contributed by atoms with Crippen LogP contribution in [-0.4, -0.2) is 39.9 Å². The van der Waals surface area contributed by atoms with Crippen LogP contribution >= 0.6 is 23.1 Å². The van der Waals surface area contributed by atoms with Crippen molar-refractivity contribution in [3.8, 4) is 0 Å². The standard InChI is InChI=1S/C11H13NO5S2/c13-9(6-18-5-7-2-1-3-19-7)12-8(11(16)17)4-10(14)15/h1-3,8H,4-6H2,(H,12,13)(H,14,15)(H,16,17). The first-order valence-electron chi connectivity index (χ1n) is 5.33. The molecular weight excluding hydrogens is 290 g/mol. The minimum atomic E-state index is -1.38. The van der Waals surface area contributed by atoms with Crippen LogP contribution in [0, 0.1) is 0 Å². The van der Waals surface area contributed by atoms with Crippen LogP contribution in [0.25, 0.3) is 0 Å². The lowest BCUT2D eigenvalue weighted by atomic mass is 10.2. The number of carbonyl (C=O) groups excluding carboxylic acids is 1. The van der Waals surface area contributed by atoms with Gasteiger partial charge in [-0.05, 0) is 11.4 Å². The monoisotopic (exact) mass is 303 g/mol. The van der Waals surface area contributed by atoms with Crippen LogP contribution in [0.3, 0.4) is 0 Å². The number of thioether (sulfide) groups is 1. The quantitative estimate of drug-likeness (QED) is 0.662. The third-order valence-electron chi connectivity index (χ3n) is 2.07. The highest BCUT2D eigenvalue weighted by atomic mass is 32.2. The Hall–Kier alpha value is -1.54. The first-order chi connectivity index (χ1) is 8.99. The number of thiophene rings is 1. The average molecular weight is 303 g/mol. The largest absolute Gasteiger partial charge is 0.481 e. The highest BCUT2D eigenvalue weighted by Gasteiger charge is 2.22. The Labute approximate surface area is 117 Å². The van der Waals surface area contributed by atoms with Crippen molar-refractivity contribution in [2.24, 2.45) is 0 Å². The summed E-state index contributed by atoms with van der Waals surface area (Å²) in [6.45, 7) is 0. The van der Waals surface area contributed by atoms with Gasteiger partial charge in [-0.3, -0.25) is 9.59 Å². The molecule has 1 rings (SSSR count). The highest BCUT2D eigenvalue weighted by Crippen LogP contribution is 2.16. The number of aliphatic carboxylic acids is 2. The van der Waals surface area contributed by atoms with Gasteiger partial charge in [0.1, 0.15) is 6.04 Å². The molecule has 1 atom stereocenters. The van der Waals surface area contributed by atoms with Crippen molar-refractivity contribution in [3.63, 3.8) is 0 Å². The normalized spacial score (nSPS) is 11.8. The summed E-state index contributed by atoms with van der Waals surface area (Å²) in [6.07, 6.45) is -0.628. The lowest BCUT2D eigenvalue weighted by Crippen LogP contribution is -2.43. The second-order valence-corrected chi connectivity index (χ2v) is 5.65. The molecule has 1 unspecified atom stereocenters. The lowest BCUT2D eigenvalue weighted by molar-refractivity contribution is -0.147. The maximum Gasteiger partial charge on any atom is 0.326 e. The fourth-order valence-corrected chi connectivity index (χ4v) is 2.93. The fraction of sp³-hybridized carbons (Fsp3) is 0.364. The van der Waals surface area contributed by atoms with Gasteiger partial charge in [0, 0.05) is 10.6 Å². The molecule has 19 heavy (non-hydrogen) atoms. The minimum absolute atomic E-state index is 0.0985. The molecule has 8 heteroatoms. The van der Waals surface area contributed by atoms with E-state index < -0.39 is 30.3 Å². The molecule has 0 saturated heterocycles. The molecule has 0 spiro atoms. The summed E-state index contributed by atoms with van der Waals surface area (Å²) in [6, 6.07) is 2.47. The SMILES string of the molecule is O=C(O)CC(NC(=O)CSCc1cccs1)C(=O)O. The van der Waals surface area contributed by atoms with Gasteiger partial charge in [0.15, 0.2) is 0 Å². The van der Waals surface area contributed by atoms with E-state index in [4.69, 9.17) is 10.2 Å². The van der Waals surface area contributed by atoms with Crippen molar-refractivity contribution in [3.05, 3.63) is 22.4 Å². The van der Waals surface area contributed by atoms with Crippen molar-refractivity contribution in [1.29, 1.82) is 0 Å². The van der Waals surface area contributed by atoms with E-state index in [2.05, 4.69) is 5.32 Å². The molecule has 0 aliphatic carbocycles. The summed E-state index contributed by atoms with van der Waals surface area (Å²) >= 11 is 2.93. The molecule has 0 aromatic carbocycles. The predicted molar refractivity (Wildman–Crippen MR) is 72.3 cm³/mol. The molecule has 104 valence electrons. The lowest BCUT2D eigenvalue weighted by Gasteiger charge is -2.11. The van der Waals surface area contributed by atoms with Crippen LogP contribution in [0.15, 0.2) is 17.5 Å². The van der Waals surface area contributed by atoms with Crippen molar-refractivity contribution in [2.45, 2.75) is 18.2 Å². The molecular formula is C11H13NO5S2. The van der Waals surface area contributed by atoms with Crippen LogP contribution in [0.4, 0.5) is 0 Å². The predicted octanol–water partition coefficient (Wildman–Crippen LogP) is 1.03. The zero-order chi connectivity index (χ0) is 14.3. The topological polar surface area (TPSA) is 104 Å². The molecule has 1 amide bonds. The summed E-state index contributed by atoms with van der Waals surface area (Å²) in [5.41, 5.74) is 0. The summed E-state index contributed by atoms with van der Waals surface area (Å²) in [4.78, 5) is 33.8. The van der Waals surface area contributed by atoms with E-state index in [9.17, 15) is 14.4 Å². The molecule has 1 aromatic heterocycles. The van der Waals surface area contributed by atoms with Gasteiger partial charge in [-0.25, -0.2) is 4.79 Å². The van der Waals surface area contributed by atoms with E-state index in [1.165, 1.54) is 11.8 Å². The number of carboxylic acids is 2. The zero-order valence-electron chi connectivity index (χ0n) is 9.87. The molecule has 3 N–H and O–H groups in total. The van der Waals surface area contributed by atoms with E-state index in [1.807, 2.05) is 17.5 Å². The third kappa shape index (κ3) is 6.25. The smallest absolute Gasteiger partial charge is 0.326 e. The molecule has 0 radical (unpaired) electrons. The Morgan fingerprint density at radius 2 is 2.11 bits per heavy atom. The van der Waals surface area contributed by atoms with Crippen LogP contribution in [0.2, 0.25) is 0 Å². The van der Waals surface area contributed by atoms with E-state index in [0.717, 1.165) is 4.88 Å². The number of hydrogen-bond acceptors (Lipinski definition) is 5. The summed E-state index contributed by atoms with van der Waals surface area (Å²) in [7, 11) is 0. The van der Waals surface area contributed by atoms with Gasteiger partial charge in [-0.1, -0.05) is 6.07 Å². The second-order valence-electron chi connectivity index (χ2n) is 3.63. The molecule has 1 aromatic rings. The Morgan fingerprint density at radius 1 is 1.37 bits per heavy atom. The maximum absolute atomic E-state index is 11.5. The number of amides is 1. The van der Waals surface area contributed by atoms with Crippen LogP contribution in [-0.2, 0) is 20.1 Å². The third-order valence-corrected chi connectivity index (χ3v) is 4.11. The van der Waals surface area contributed by atoms with Gasteiger partial charge < -0.3 is 15.5 Å². The van der Waals surface area contributed by atoms with Crippen molar-refractivity contribution < 1.29 is 24.6 Å². The second kappa shape index (κ2) is 7.80.